The fraction of sp³-hybridized carbons (Fsp3) is 0.125. The van der Waals surface area contributed by atoms with Gasteiger partial charge in [0.2, 0.25) is 0 Å². The lowest BCUT2D eigenvalue weighted by atomic mass is 10.1. The van der Waals surface area contributed by atoms with Crippen LogP contribution in [-0.2, 0) is 16.0 Å². The molecular weight excluding hydrogens is 522 g/mol. The van der Waals surface area contributed by atoms with Crippen molar-refractivity contribution in [1.82, 2.24) is 15.0 Å². The summed E-state index contributed by atoms with van der Waals surface area (Å²) >= 11 is 0. The van der Waals surface area contributed by atoms with Crippen molar-refractivity contribution in [1.29, 1.82) is 0 Å². The predicted octanol–water partition coefficient (Wildman–Crippen LogP) is 5.79. The Morgan fingerprint density at radius 1 is 0.829 bits per heavy atom. The maximum atomic E-state index is 11.7. The number of aromatic nitrogens is 3. The highest BCUT2D eigenvalue weighted by Gasteiger charge is 2.12. The van der Waals surface area contributed by atoms with Crippen molar-refractivity contribution in [3.05, 3.63) is 120 Å². The van der Waals surface area contributed by atoms with Crippen LogP contribution in [-0.4, -0.2) is 43.8 Å². The van der Waals surface area contributed by atoms with Gasteiger partial charge in [0, 0.05) is 5.57 Å². The van der Waals surface area contributed by atoms with Gasteiger partial charge < -0.3 is 19.7 Å². The summed E-state index contributed by atoms with van der Waals surface area (Å²) in [5, 5.41) is 28.5. The quantitative estimate of drug-likeness (QED) is 0.108. The number of aryl methyl sites for hydroxylation is 1. The van der Waals surface area contributed by atoms with Crippen molar-refractivity contribution in [2.75, 3.05) is 6.61 Å². The van der Waals surface area contributed by atoms with E-state index in [1.807, 2.05) is 36.4 Å². The van der Waals surface area contributed by atoms with E-state index >= 15 is 0 Å². The van der Waals surface area contributed by atoms with Crippen LogP contribution in [0.1, 0.15) is 29.3 Å². The van der Waals surface area contributed by atoms with Gasteiger partial charge in [-0.25, -0.2) is 9.59 Å². The Hall–Kier alpha value is -5.44. The molecule has 0 fully saturated rings. The molecule has 0 amide bonds. The van der Waals surface area contributed by atoms with Crippen LogP contribution in [0.2, 0.25) is 0 Å². The van der Waals surface area contributed by atoms with Crippen molar-refractivity contribution in [3.8, 4) is 22.9 Å². The summed E-state index contributed by atoms with van der Waals surface area (Å²) in [5.41, 5.74) is 3.56. The lowest BCUT2D eigenvalue weighted by Gasteiger charge is -2.07. The molecule has 0 saturated heterocycles. The van der Waals surface area contributed by atoms with Gasteiger partial charge >= 0.3 is 11.9 Å². The molecule has 9 heteroatoms. The Kier molecular flexibility index (Phi) is 9.45. The van der Waals surface area contributed by atoms with Crippen LogP contribution in [0.4, 0.5) is 0 Å². The van der Waals surface area contributed by atoms with Crippen LogP contribution < -0.4 is 4.74 Å². The molecule has 0 aliphatic carbocycles. The average Bonchev–Trinajstić information content (AvgIpc) is 3.40. The average molecular weight is 552 g/mol. The summed E-state index contributed by atoms with van der Waals surface area (Å²) < 4.78 is 10.1. The first-order chi connectivity index (χ1) is 19.8. The van der Waals surface area contributed by atoms with Crippen molar-refractivity contribution in [2.45, 2.75) is 19.8 Å². The fourth-order valence-electron chi connectivity index (χ4n) is 3.72. The van der Waals surface area contributed by atoms with Gasteiger partial charge in [0.1, 0.15) is 39.5 Å². The molecule has 0 radical (unpaired) electrons. The number of hydrogen-bond donors (Lipinski definition) is 2. The number of carbonyl (C=O) groups excluding carboxylic acids is 2. The van der Waals surface area contributed by atoms with E-state index in [0.29, 0.717) is 36.5 Å². The second-order valence-corrected chi connectivity index (χ2v) is 9.04. The van der Waals surface area contributed by atoms with Gasteiger partial charge in [0.05, 0.1) is 6.61 Å². The van der Waals surface area contributed by atoms with Crippen LogP contribution in [0, 0.1) is 0 Å². The molecule has 0 aliphatic heterocycles. The highest BCUT2D eigenvalue weighted by molar-refractivity contribution is 5.93. The number of rotatable bonds is 8. The predicted molar refractivity (Wildman–Crippen MR) is 154 cm³/mol. The second kappa shape index (κ2) is 13.6. The van der Waals surface area contributed by atoms with Crippen molar-refractivity contribution in [3.63, 3.8) is 0 Å². The number of aromatic hydroxyl groups is 2. The fourth-order valence-corrected chi connectivity index (χ4v) is 3.72. The molecule has 4 aromatic carbocycles. The molecule has 9 nitrogen and oxygen atoms in total. The number of phenols is 2. The largest absolute Gasteiger partial charge is 0.507 e. The van der Waals surface area contributed by atoms with Gasteiger partial charge in [-0.1, -0.05) is 55.1 Å². The number of carbonyl (C=O) groups is 2. The Balaban J connectivity index is 0.000000208. The molecule has 1 aromatic heterocycles. The van der Waals surface area contributed by atoms with E-state index in [0.717, 1.165) is 16.6 Å². The maximum absolute atomic E-state index is 11.7. The third-order valence-corrected chi connectivity index (χ3v) is 5.81. The third kappa shape index (κ3) is 7.79. The number of esters is 2. The number of para-hydroxylation sites is 2. The summed E-state index contributed by atoms with van der Waals surface area (Å²) in [5.74, 6) is -0.463. The Labute approximate surface area is 236 Å². The molecule has 1 heterocycles. The third-order valence-electron chi connectivity index (χ3n) is 5.81. The van der Waals surface area contributed by atoms with Crippen molar-refractivity contribution >= 4 is 23.0 Å². The van der Waals surface area contributed by atoms with E-state index < -0.39 is 5.97 Å². The minimum atomic E-state index is -0.565. The molecule has 41 heavy (non-hydrogen) atoms. The summed E-state index contributed by atoms with van der Waals surface area (Å²) in [6.07, 6.45) is 1.35. The monoisotopic (exact) mass is 551 g/mol. The normalized spacial score (nSPS) is 10.4. The zero-order chi connectivity index (χ0) is 29.2. The molecule has 5 rings (SSSR count). The standard InChI is InChI=1S/C19H19N3O3.C13H10O3/c1-13(2)19(24)25-11-5-6-14-9-10-17(18(23)12-14)22-20-15-7-3-4-8-16(15)21-22;14-12-9-5-4-8-11(12)13(15)16-10-6-2-1-3-7-10/h3-4,7-10,12,23H,1,5-6,11H2,2H3;1-9,14H. The molecule has 0 aliphatic rings. The highest BCUT2D eigenvalue weighted by Crippen LogP contribution is 2.24. The lowest BCUT2D eigenvalue weighted by molar-refractivity contribution is -0.139. The molecule has 5 aromatic rings. The van der Waals surface area contributed by atoms with E-state index in [1.165, 1.54) is 16.9 Å². The smallest absolute Gasteiger partial charge is 0.347 e. The van der Waals surface area contributed by atoms with Crippen molar-refractivity contribution in [2.24, 2.45) is 0 Å². The molecule has 2 N–H and O–H groups in total. The molecule has 208 valence electrons. The van der Waals surface area contributed by atoms with Gasteiger partial charge in [0.15, 0.2) is 0 Å². The van der Waals surface area contributed by atoms with E-state index in [1.54, 1.807) is 55.5 Å². The van der Waals surface area contributed by atoms with Gasteiger partial charge in [0.25, 0.3) is 0 Å². The second-order valence-electron chi connectivity index (χ2n) is 9.04. The number of nitrogens with zero attached hydrogens (tertiary/aromatic N) is 3. The van der Waals surface area contributed by atoms with E-state index in [4.69, 9.17) is 9.47 Å². The Morgan fingerprint density at radius 2 is 1.46 bits per heavy atom. The van der Waals surface area contributed by atoms with Crippen LogP contribution in [0.3, 0.4) is 0 Å². The van der Waals surface area contributed by atoms with Crippen LogP contribution in [0.5, 0.6) is 17.2 Å². The van der Waals surface area contributed by atoms with E-state index in [9.17, 15) is 19.8 Å². The lowest BCUT2D eigenvalue weighted by Crippen LogP contribution is -2.08. The van der Waals surface area contributed by atoms with Gasteiger partial charge in [-0.05, 0) is 73.9 Å². The molecule has 0 atom stereocenters. The van der Waals surface area contributed by atoms with Gasteiger partial charge in [-0.15, -0.1) is 15.0 Å². The summed E-state index contributed by atoms with van der Waals surface area (Å²) in [6, 6.07) is 27.9. The zero-order valence-corrected chi connectivity index (χ0v) is 22.4. The molecule has 0 unspecified atom stereocenters. The molecular formula is C32H29N3O6. The topological polar surface area (TPSA) is 124 Å². The summed E-state index contributed by atoms with van der Waals surface area (Å²) in [4.78, 5) is 24.4. The highest BCUT2D eigenvalue weighted by atomic mass is 16.5. The first-order valence-corrected chi connectivity index (χ1v) is 12.8. The van der Waals surface area contributed by atoms with E-state index in [-0.39, 0.29) is 23.0 Å². The minimum Gasteiger partial charge on any atom is -0.507 e. The molecule has 0 saturated carbocycles. The molecule has 0 spiro atoms. The minimum absolute atomic E-state index is 0.0802. The van der Waals surface area contributed by atoms with Gasteiger partial charge in [-0.3, -0.25) is 0 Å². The number of benzene rings is 4. The zero-order valence-electron chi connectivity index (χ0n) is 22.4. The van der Waals surface area contributed by atoms with Crippen LogP contribution >= 0.6 is 0 Å². The summed E-state index contributed by atoms with van der Waals surface area (Å²) in [6.45, 7) is 5.47. The van der Waals surface area contributed by atoms with Crippen LogP contribution in [0.15, 0.2) is 109 Å². The van der Waals surface area contributed by atoms with Crippen molar-refractivity contribution < 1.29 is 29.3 Å². The number of phenolic OH excluding ortho intramolecular Hbond substituents is 2. The van der Waals surface area contributed by atoms with Crippen LogP contribution in [0.25, 0.3) is 16.7 Å². The Bertz CT molecular complexity index is 1630. The van der Waals surface area contributed by atoms with Gasteiger partial charge in [-0.2, -0.15) is 0 Å². The molecule has 0 bridgehead atoms. The van der Waals surface area contributed by atoms with E-state index in [2.05, 4.69) is 16.8 Å². The maximum Gasteiger partial charge on any atom is 0.347 e. The summed E-state index contributed by atoms with van der Waals surface area (Å²) in [7, 11) is 0. The number of hydrogen-bond acceptors (Lipinski definition) is 8. The first kappa shape index (κ1) is 28.6. The Morgan fingerprint density at radius 3 is 2.10 bits per heavy atom. The number of ether oxygens (including phenoxy) is 2. The first-order valence-electron chi connectivity index (χ1n) is 12.8. The SMILES string of the molecule is C=C(C)C(=O)OCCCc1ccc(-n2nc3ccccc3n2)c(O)c1.O=C(Oc1ccccc1)c1ccccc1O. The number of fused-ring (bicyclic) bond motifs is 1.